The summed E-state index contributed by atoms with van der Waals surface area (Å²) in [5, 5.41) is 2.36. The number of hydrogen-bond acceptors (Lipinski definition) is 2. The Bertz CT molecular complexity index is 602. The number of rotatable bonds is 0. The maximum absolute atomic E-state index is 11.0. The van der Waals surface area contributed by atoms with Gasteiger partial charge in [-0.3, -0.25) is 4.79 Å². The van der Waals surface area contributed by atoms with Gasteiger partial charge < -0.3 is 0 Å². The fourth-order valence-electron chi connectivity index (χ4n) is 1.58. The summed E-state index contributed by atoms with van der Waals surface area (Å²) in [5.74, 6) is -0.220. The molecule has 1 aliphatic heterocycles. The third-order valence-corrected chi connectivity index (χ3v) is 2.22. The van der Waals surface area contributed by atoms with E-state index in [0.717, 1.165) is 10.9 Å². The zero-order valence-electron chi connectivity index (χ0n) is 7.27. The number of carbonyl (C=O) groups is 1. The smallest absolute Gasteiger partial charge is 0.267 e. The summed E-state index contributed by atoms with van der Waals surface area (Å²) in [4.78, 5) is 19.2. The topological polar surface area (TPSA) is 42.3 Å². The minimum absolute atomic E-state index is 0.220. The van der Waals surface area contributed by atoms with E-state index in [0.29, 0.717) is 10.7 Å². The Morgan fingerprint density at radius 1 is 1.14 bits per heavy atom. The zero-order valence-corrected chi connectivity index (χ0v) is 7.27. The molecule has 3 heteroatoms. The fourth-order valence-corrected chi connectivity index (χ4v) is 1.58. The van der Waals surface area contributed by atoms with Gasteiger partial charge in [0, 0.05) is 11.5 Å². The molecule has 1 aromatic heterocycles. The summed E-state index contributed by atoms with van der Waals surface area (Å²) in [6.45, 7) is 0. The van der Waals surface area contributed by atoms with E-state index in [1.54, 1.807) is 0 Å². The molecule has 1 amide bonds. The van der Waals surface area contributed by atoms with Crippen LogP contribution in [0.2, 0.25) is 0 Å². The van der Waals surface area contributed by atoms with Crippen molar-refractivity contribution in [1.82, 2.24) is 4.98 Å². The predicted octanol–water partition coefficient (Wildman–Crippen LogP) is 0.175. The summed E-state index contributed by atoms with van der Waals surface area (Å²) < 4.78 is 0. The number of amides is 1. The van der Waals surface area contributed by atoms with Crippen molar-refractivity contribution < 1.29 is 4.79 Å². The Balaban J connectivity index is 2.56. The van der Waals surface area contributed by atoms with Crippen LogP contribution in [0, 0.1) is 0 Å². The highest BCUT2D eigenvalue weighted by Gasteiger charge is 2.04. The lowest BCUT2D eigenvalue weighted by molar-refractivity contribution is -0.112. The van der Waals surface area contributed by atoms with Gasteiger partial charge in [0.25, 0.3) is 5.91 Å². The molecular weight excluding hydrogens is 176 g/mol. The molecule has 1 aromatic carbocycles. The highest BCUT2D eigenvalue weighted by molar-refractivity contribution is 6.06. The Kier molecular flexibility index (Phi) is 1.31. The molecule has 3 nitrogen and oxygen atoms in total. The van der Waals surface area contributed by atoms with E-state index in [-0.39, 0.29) is 5.91 Å². The number of aromatic nitrogens is 1. The van der Waals surface area contributed by atoms with Crippen LogP contribution in [0.4, 0.5) is 0 Å². The van der Waals surface area contributed by atoms with Gasteiger partial charge in [-0.1, -0.05) is 18.2 Å². The van der Waals surface area contributed by atoms with Crippen LogP contribution in [-0.4, -0.2) is 10.9 Å². The molecule has 66 valence electrons. The van der Waals surface area contributed by atoms with Gasteiger partial charge in [-0.15, -0.1) is 0 Å². The SMILES string of the molecule is O=C1C=c2nc3ccccc3cc2=N1. The van der Waals surface area contributed by atoms with Crippen LogP contribution >= 0.6 is 0 Å². The lowest BCUT2D eigenvalue weighted by atomic mass is 10.2. The number of benzene rings is 1. The van der Waals surface area contributed by atoms with Crippen LogP contribution < -0.4 is 10.7 Å². The number of carbonyl (C=O) groups excluding carboxylic acids is 1. The van der Waals surface area contributed by atoms with Crippen molar-refractivity contribution in [3.63, 3.8) is 0 Å². The summed E-state index contributed by atoms with van der Waals surface area (Å²) in [5.41, 5.74) is 0.896. The highest BCUT2D eigenvalue weighted by Crippen LogP contribution is 2.05. The molecule has 0 spiro atoms. The first-order valence-electron chi connectivity index (χ1n) is 4.33. The number of para-hydroxylation sites is 1. The Morgan fingerprint density at radius 2 is 2.00 bits per heavy atom. The largest absolute Gasteiger partial charge is 0.272 e. The minimum Gasteiger partial charge on any atom is -0.267 e. The van der Waals surface area contributed by atoms with E-state index in [4.69, 9.17) is 0 Å². The molecule has 2 aromatic rings. The van der Waals surface area contributed by atoms with Gasteiger partial charge in [0.05, 0.1) is 16.2 Å². The maximum Gasteiger partial charge on any atom is 0.272 e. The molecule has 3 rings (SSSR count). The Morgan fingerprint density at radius 3 is 2.93 bits per heavy atom. The zero-order chi connectivity index (χ0) is 9.54. The summed E-state index contributed by atoms with van der Waals surface area (Å²) >= 11 is 0. The third-order valence-electron chi connectivity index (χ3n) is 2.22. The molecule has 0 aliphatic carbocycles. The van der Waals surface area contributed by atoms with Gasteiger partial charge >= 0.3 is 0 Å². The second-order valence-corrected chi connectivity index (χ2v) is 3.18. The van der Waals surface area contributed by atoms with Gasteiger partial charge in [-0.05, 0) is 12.1 Å². The molecule has 0 radical (unpaired) electrons. The Labute approximate surface area is 79.4 Å². The fraction of sp³-hybridized carbons (Fsp3) is 0. The van der Waals surface area contributed by atoms with E-state index in [9.17, 15) is 4.79 Å². The molecule has 0 fully saturated rings. The first kappa shape index (κ1) is 7.38. The summed E-state index contributed by atoms with van der Waals surface area (Å²) in [6.07, 6.45) is 1.46. The molecule has 0 saturated carbocycles. The van der Waals surface area contributed by atoms with E-state index in [2.05, 4.69) is 9.98 Å². The van der Waals surface area contributed by atoms with E-state index >= 15 is 0 Å². The van der Waals surface area contributed by atoms with Crippen molar-refractivity contribution in [2.75, 3.05) is 0 Å². The van der Waals surface area contributed by atoms with Gasteiger partial charge in [0.15, 0.2) is 0 Å². The number of fused-ring (bicyclic) bond motifs is 2. The van der Waals surface area contributed by atoms with Crippen LogP contribution in [-0.2, 0) is 4.79 Å². The first-order chi connectivity index (χ1) is 6.83. The maximum atomic E-state index is 11.0. The molecule has 0 unspecified atom stereocenters. The average molecular weight is 182 g/mol. The molecule has 0 saturated heterocycles. The van der Waals surface area contributed by atoms with Crippen LogP contribution in [0.25, 0.3) is 17.0 Å². The van der Waals surface area contributed by atoms with E-state index < -0.39 is 0 Å². The lowest BCUT2D eigenvalue weighted by Crippen LogP contribution is -2.24. The normalized spacial score (nSPS) is 13.6. The molecule has 2 heterocycles. The minimum atomic E-state index is -0.220. The highest BCUT2D eigenvalue weighted by atomic mass is 16.1. The summed E-state index contributed by atoms with van der Waals surface area (Å²) in [6, 6.07) is 9.64. The predicted molar refractivity (Wildman–Crippen MR) is 52.0 cm³/mol. The number of pyridine rings is 1. The van der Waals surface area contributed by atoms with Gasteiger partial charge in [0.1, 0.15) is 0 Å². The first-order valence-corrected chi connectivity index (χ1v) is 4.33. The van der Waals surface area contributed by atoms with Crippen molar-refractivity contribution in [3.05, 3.63) is 41.0 Å². The van der Waals surface area contributed by atoms with Gasteiger partial charge in [-0.25, -0.2) is 9.98 Å². The molecule has 0 N–H and O–H groups in total. The molecule has 14 heavy (non-hydrogen) atoms. The monoisotopic (exact) mass is 182 g/mol. The molecule has 1 aliphatic rings. The van der Waals surface area contributed by atoms with Crippen molar-refractivity contribution in [3.8, 4) is 0 Å². The second kappa shape index (κ2) is 2.48. The average Bonchev–Trinajstić information content (AvgIpc) is 2.53. The van der Waals surface area contributed by atoms with Crippen molar-refractivity contribution >= 4 is 22.9 Å². The molecule has 0 bridgehead atoms. The number of nitrogens with zero attached hydrogens (tertiary/aromatic N) is 2. The summed E-state index contributed by atoms with van der Waals surface area (Å²) in [7, 11) is 0. The third kappa shape index (κ3) is 0.956. The molecule has 0 atom stereocenters. The van der Waals surface area contributed by atoms with Gasteiger partial charge in [-0.2, -0.15) is 0 Å². The van der Waals surface area contributed by atoms with Crippen LogP contribution in [0.15, 0.2) is 35.3 Å². The second-order valence-electron chi connectivity index (χ2n) is 3.18. The molecular formula is C11H6N2O. The van der Waals surface area contributed by atoms with Crippen molar-refractivity contribution in [1.29, 1.82) is 0 Å². The quantitative estimate of drug-likeness (QED) is 0.583. The van der Waals surface area contributed by atoms with Crippen molar-refractivity contribution in [2.24, 2.45) is 4.99 Å². The Hall–Kier alpha value is -2.03. The van der Waals surface area contributed by atoms with Crippen LogP contribution in [0.1, 0.15) is 0 Å². The van der Waals surface area contributed by atoms with E-state index in [1.165, 1.54) is 6.08 Å². The van der Waals surface area contributed by atoms with Crippen LogP contribution in [0.5, 0.6) is 0 Å². The van der Waals surface area contributed by atoms with Gasteiger partial charge in [0.2, 0.25) is 0 Å². The van der Waals surface area contributed by atoms with Crippen molar-refractivity contribution in [2.45, 2.75) is 0 Å². The lowest BCUT2D eigenvalue weighted by Gasteiger charge is -1.93. The van der Waals surface area contributed by atoms with E-state index in [1.807, 2.05) is 30.3 Å². The standard InChI is InChI=1S/C11H6N2O/c14-11-6-10-9(13-11)5-7-3-1-2-4-8(7)12-10/h1-6H. The van der Waals surface area contributed by atoms with Crippen LogP contribution in [0.3, 0.4) is 0 Å². The number of hydrogen-bond donors (Lipinski definition) is 0.